The van der Waals surface area contributed by atoms with E-state index in [4.69, 9.17) is 21.6 Å². The normalized spacial score (nSPS) is 9.81. The fourth-order valence-electron chi connectivity index (χ4n) is 1.17. The van der Waals surface area contributed by atoms with Gasteiger partial charge in [0.15, 0.2) is 5.82 Å². The molecule has 0 unspecified atom stereocenters. The molecule has 80 valence electrons. The number of halogens is 1. The minimum atomic E-state index is 0.178. The molecule has 2 heterocycles. The van der Waals surface area contributed by atoms with Crippen LogP contribution in [-0.2, 0) is 0 Å². The molecule has 0 fully saturated rings. The standard InChI is InChI=1S/C9H6ClN5O/c1-16-9-13-5-6(10)8(14-9)15-3-2-12-7(15)4-11/h2-3,5H,1H3. The van der Waals surface area contributed by atoms with E-state index in [0.717, 1.165) is 0 Å². The van der Waals surface area contributed by atoms with Crippen LogP contribution in [0.5, 0.6) is 6.01 Å². The van der Waals surface area contributed by atoms with E-state index in [-0.39, 0.29) is 11.8 Å². The van der Waals surface area contributed by atoms with Gasteiger partial charge in [-0.05, 0) is 0 Å². The molecule has 0 spiro atoms. The first-order valence-electron chi connectivity index (χ1n) is 4.26. The van der Waals surface area contributed by atoms with E-state index in [2.05, 4.69) is 15.0 Å². The summed E-state index contributed by atoms with van der Waals surface area (Å²) in [5, 5.41) is 9.15. The number of hydrogen-bond donors (Lipinski definition) is 0. The molecule has 2 aromatic rings. The molecule has 0 saturated carbocycles. The molecule has 0 aliphatic heterocycles. The zero-order chi connectivity index (χ0) is 11.5. The smallest absolute Gasteiger partial charge is 0.318 e. The first-order chi connectivity index (χ1) is 7.76. The van der Waals surface area contributed by atoms with Crippen molar-refractivity contribution < 1.29 is 4.74 Å². The average Bonchev–Trinajstić information content (AvgIpc) is 2.77. The van der Waals surface area contributed by atoms with Crippen LogP contribution in [0.25, 0.3) is 5.82 Å². The molecule has 0 N–H and O–H groups in total. The van der Waals surface area contributed by atoms with Gasteiger partial charge in [-0.3, -0.25) is 4.57 Å². The van der Waals surface area contributed by atoms with Crippen LogP contribution in [0.1, 0.15) is 5.82 Å². The maximum absolute atomic E-state index is 8.83. The number of hydrogen-bond acceptors (Lipinski definition) is 5. The van der Waals surface area contributed by atoms with Crippen LogP contribution in [0.2, 0.25) is 5.02 Å². The number of ether oxygens (including phenoxy) is 1. The molecule has 0 saturated heterocycles. The highest BCUT2D eigenvalue weighted by Gasteiger charge is 2.11. The van der Waals surface area contributed by atoms with Crippen LogP contribution in [0, 0.1) is 11.3 Å². The van der Waals surface area contributed by atoms with Gasteiger partial charge in [-0.2, -0.15) is 10.2 Å². The molecule has 7 heteroatoms. The quantitative estimate of drug-likeness (QED) is 0.782. The molecular formula is C9H6ClN5O. The fourth-order valence-corrected chi connectivity index (χ4v) is 1.35. The Bertz CT molecular complexity index is 559. The maximum atomic E-state index is 8.83. The Morgan fingerprint density at radius 2 is 2.31 bits per heavy atom. The van der Waals surface area contributed by atoms with Crippen molar-refractivity contribution in [1.82, 2.24) is 19.5 Å². The van der Waals surface area contributed by atoms with Gasteiger partial charge in [-0.1, -0.05) is 11.6 Å². The van der Waals surface area contributed by atoms with E-state index in [9.17, 15) is 0 Å². The Morgan fingerprint density at radius 3 is 3.00 bits per heavy atom. The topological polar surface area (TPSA) is 76.6 Å². The second-order valence-corrected chi connectivity index (χ2v) is 3.17. The van der Waals surface area contributed by atoms with Gasteiger partial charge in [-0.25, -0.2) is 9.97 Å². The van der Waals surface area contributed by atoms with Crippen LogP contribution < -0.4 is 4.74 Å². The summed E-state index contributed by atoms with van der Waals surface area (Å²) < 4.78 is 6.35. The highest BCUT2D eigenvalue weighted by atomic mass is 35.5. The summed E-state index contributed by atoms with van der Waals surface area (Å²) in [6.07, 6.45) is 4.49. The number of methoxy groups -OCH3 is 1. The van der Waals surface area contributed by atoms with E-state index in [1.54, 1.807) is 6.20 Å². The van der Waals surface area contributed by atoms with Gasteiger partial charge in [0.05, 0.1) is 13.3 Å². The molecule has 0 aliphatic carbocycles. The lowest BCUT2D eigenvalue weighted by Crippen LogP contribution is -2.03. The summed E-state index contributed by atoms with van der Waals surface area (Å²) in [4.78, 5) is 11.7. The highest BCUT2D eigenvalue weighted by Crippen LogP contribution is 2.20. The van der Waals surface area contributed by atoms with E-state index < -0.39 is 0 Å². The summed E-state index contributed by atoms with van der Waals surface area (Å²) in [6, 6.07) is 2.11. The van der Waals surface area contributed by atoms with Crippen LogP contribution in [0.3, 0.4) is 0 Å². The first-order valence-corrected chi connectivity index (χ1v) is 4.64. The minimum Gasteiger partial charge on any atom is -0.467 e. The van der Waals surface area contributed by atoms with Crippen molar-refractivity contribution in [2.45, 2.75) is 0 Å². The molecule has 0 radical (unpaired) electrons. The van der Waals surface area contributed by atoms with Crippen LogP contribution in [-0.4, -0.2) is 26.6 Å². The van der Waals surface area contributed by atoms with Gasteiger partial charge in [-0.15, -0.1) is 0 Å². The van der Waals surface area contributed by atoms with Gasteiger partial charge in [0, 0.05) is 12.4 Å². The Morgan fingerprint density at radius 1 is 1.50 bits per heavy atom. The Hall–Kier alpha value is -2.13. The van der Waals surface area contributed by atoms with Crippen molar-refractivity contribution in [2.24, 2.45) is 0 Å². The summed E-state index contributed by atoms with van der Waals surface area (Å²) in [5.41, 5.74) is 0. The summed E-state index contributed by atoms with van der Waals surface area (Å²) in [5.74, 6) is 0.560. The van der Waals surface area contributed by atoms with Crippen LogP contribution >= 0.6 is 11.6 Å². The van der Waals surface area contributed by atoms with Crippen LogP contribution in [0.15, 0.2) is 18.6 Å². The average molecular weight is 236 g/mol. The third kappa shape index (κ3) is 1.68. The van der Waals surface area contributed by atoms with E-state index in [1.165, 1.54) is 24.1 Å². The lowest BCUT2D eigenvalue weighted by Gasteiger charge is -2.05. The third-order valence-corrected chi connectivity index (χ3v) is 2.12. The molecule has 0 atom stereocenters. The molecule has 0 amide bonds. The predicted molar refractivity (Wildman–Crippen MR) is 55.4 cm³/mol. The van der Waals surface area contributed by atoms with E-state index in [1.807, 2.05) is 6.07 Å². The number of nitriles is 1. The Kier molecular flexibility index (Phi) is 2.70. The van der Waals surface area contributed by atoms with Crippen molar-refractivity contribution in [3.63, 3.8) is 0 Å². The summed E-state index contributed by atoms with van der Waals surface area (Å²) in [7, 11) is 1.45. The maximum Gasteiger partial charge on any atom is 0.318 e. The van der Waals surface area contributed by atoms with Crippen molar-refractivity contribution >= 4 is 11.6 Å². The van der Waals surface area contributed by atoms with Gasteiger partial charge in [0.2, 0.25) is 5.82 Å². The third-order valence-electron chi connectivity index (χ3n) is 1.85. The minimum absolute atomic E-state index is 0.178. The molecule has 16 heavy (non-hydrogen) atoms. The molecule has 0 aliphatic rings. The number of aromatic nitrogens is 4. The number of imidazole rings is 1. The summed E-state index contributed by atoms with van der Waals surface area (Å²) >= 11 is 5.93. The number of nitrogens with zero attached hydrogens (tertiary/aromatic N) is 5. The molecule has 6 nitrogen and oxygen atoms in total. The molecule has 0 bridgehead atoms. The van der Waals surface area contributed by atoms with E-state index >= 15 is 0 Å². The van der Waals surface area contributed by atoms with Crippen molar-refractivity contribution in [3.05, 3.63) is 29.4 Å². The largest absolute Gasteiger partial charge is 0.467 e. The zero-order valence-electron chi connectivity index (χ0n) is 8.25. The van der Waals surface area contributed by atoms with Crippen molar-refractivity contribution in [3.8, 4) is 17.9 Å². The number of rotatable bonds is 2. The van der Waals surface area contributed by atoms with E-state index in [0.29, 0.717) is 10.8 Å². The van der Waals surface area contributed by atoms with Crippen molar-refractivity contribution in [1.29, 1.82) is 5.26 Å². The Labute approximate surface area is 96.1 Å². The van der Waals surface area contributed by atoms with Crippen molar-refractivity contribution in [2.75, 3.05) is 7.11 Å². The first kappa shape index (κ1) is 10.4. The lowest BCUT2D eigenvalue weighted by molar-refractivity contribution is 0.379. The Balaban J connectivity index is 2.60. The van der Waals surface area contributed by atoms with Gasteiger partial charge >= 0.3 is 6.01 Å². The fraction of sp³-hybridized carbons (Fsp3) is 0.111. The molecule has 2 rings (SSSR count). The molecular weight excluding hydrogens is 230 g/mol. The van der Waals surface area contributed by atoms with Gasteiger partial charge in [0.25, 0.3) is 0 Å². The molecule has 0 aromatic carbocycles. The highest BCUT2D eigenvalue weighted by molar-refractivity contribution is 6.32. The second kappa shape index (κ2) is 4.16. The summed E-state index contributed by atoms with van der Waals surface area (Å²) in [6.45, 7) is 0. The lowest BCUT2D eigenvalue weighted by atomic mass is 10.5. The molecule has 2 aromatic heterocycles. The predicted octanol–water partition coefficient (Wildman–Crippen LogP) is 1.20. The zero-order valence-corrected chi connectivity index (χ0v) is 9.01. The monoisotopic (exact) mass is 235 g/mol. The van der Waals surface area contributed by atoms with Crippen LogP contribution in [0.4, 0.5) is 0 Å². The second-order valence-electron chi connectivity index (χ2n) is 2.76. The van der Waals surface area contributed by atoms with Gasteiger partial charge < -0.3 is 4.74 Å². The SMILES string of the molecule is COc1ncc(Cl)c(-n2ccnc2C#N)n1. The van der Waals surface area contributed by atoms with Gasteiger partial charge in [0.1, 0.15) is 11.1 Å².